The second-order valence-electron chi connectivity index (χ2n) is 7.74. The number of aryl methyl sites for hydroxylation is 1. The zero-order valence-electron chi connectivity index (χ0n) is 13.2. The second kappa shape index (κ2) is 5.28. The van der Waals surface area contributed by atoms with Gasteiger partial charge >= 0.3 is 0 Å². The summed E-state index contributed by atoms with van der Waals surface area (Å²) < 4.78 is 2.39. The highest BCUT2D eigenvalue weighted by Crippen LogP contribution is 2.24. The van der Waals surface area contributed by atoms with Gasteiger partial charge in [-0.3, -0.25) is 0 Å². The van der Waals surface area contributed by atoms with Crippen LogP contribution in [0.5, 0.6) is 0 Å². The van der Waals surface area contributed by atoms with Gasteiger partial charge in [0.2, 0.25) is 0 Å². The Kier molecular flexibility index (Phi) is 4.05. The summed E-state index contributed by atoms with van der Waals surface area (Å²) in [5.74, 6) is 0. The monoisotopic (exact) mass is 263 g/mol. The van der Waals surface area contributed by atoms with Gasteiger partial charge in [0.25, 0.3) is 0 Å². The predicted octanol–water partition coefficient (Wildman–Crippen LogP) is 3.18. The minimum Gasteiger partial charge on any atom is -0.334 e. The Morgan fingerprint density at radius 2 is 1.84 bits per heavy atom. The fourth-order valence-corrected chi connectivity index (χ4v) is 2.69. The molecule has 0 fully saturated rings. The van der Waals surface area contributed by atoms with E-state index < -0.39 is 0 Å². The fourth-order valence-electron chi connectivity index (χ4n) is 2.69. The summed E-state index contributed by atoms with van der Waals surface area (Å²) in [6, 6.07) is 0. The average molecular weight is 263 g/mol. The average Bonchev–Trinajstić information content (AvgIpc) is 2.69. The van der Waals surface area contributed by atoms with Crippen molar-refractivity contribution in [1.29, 1.82) is 0 Å². The normalized spacial score (nSPS) is 16.5. The van der Waals surface area contributed by atoms with E-state index in [1.165, 1.54) is 37.1 Å². The maximum absolute atomic E-state index is 4.59. The summed E-state index contributed by atoms with van der Waals surface area (Å²) in [6.45, 7) is 13.4. The van der Waals surface area contributed by atoms with Gasteiger partial charge in [-0.25, -0.2) is 4.98 Å². The van der Waals surface area contributed by atoms with Crippen LogP contribution in [-0.2, 0) is 19.4 Å². The van der Waals surface area contributed by atoms with Crippen LogP contribution >= 0.6 is 0 Å². The number of nitrogens with zero attached hydrogens (tertiary/aromatic N) is 2. The van der Waals surface area contributed by atoms with E-state index in [9.17, 15) is 0 Å². The first-order valence-electron chi connectivity index (χ1n) is 7.55. The van der Waals surface area contributed by atoms with Crippen molar-refractivity contribution in [3.63, 3.8) is 0 Å². The Bertz CT molecular complexity index is 424. The molecule has 0 amide bonds. The Morgan fingerprint density at radius 1 is 1.16 bits per heavy atom. The molecule has 1 heterocycles. The molecule has 0 saturated carbocycles. The van der Waals surface area contributed by atoms with Crippen molar-refractivity contribution in [2.75, 3.05) is 6.54 Å². The van der Waals surface area contributed by atoms with Crippen molar-refractivity contribution in [3.05, 3.63) is 17.7 Å². The molecule has 0 atom stereocenters. The Hall–Kier alpha value is -0.830. The van der Waals surface area contributed by atoms with Gasteiger partial charge in [-0.05, 0) is 51.9 Å². The molecule has 0 bridgehead atoms. The van der Waals surface area contributed by atoms with E-state index >= 15 is 0 Å². The smallest absolute Gasteiger partial charge is 0.0951 e. The van der Waals surface area contributed by atoms with Crippen molar-refractivity contribution in [2.24, 2.45) is 5.41 Å². The van der Waals surface area contributed by atoms with Gasteiger partial charge in [-0.2, -0.15) is 0 Å². The molecular weight excluding hydrogens is 234 g/mol. The van der Waals surface area contributed by atoms with Crippen LogP contribution in [0.25, 0.3) is 0 Å². The number of hydrogen-bond acceptors (Lipinski definition) is 2. The van der Waals surface area contributed by atoms with Crippen LogP contribution < -0.4 is 5.32 Å². The van der Waals surface area contributed by atoms with Gasteiger partial charge in [-0.15, -0.1) is 0 Å². The van der Waals surface area contributed by atoms with E-state index in [0.29, 0.717) is 0 Å². The Balaban J connectivity index is 2.01. The minimum absolute atomic E-state index is 0.186. The van der Waals surface area contributed by atoms with E-state index in [-0.39, 0.29) is 11.0 Å². The zero-order chi connectivity index (χ0) is 14.1. The predicted molar refractivity (Wildman–Crippen MR) is 80.4 cm³/mol. The topological polar surface area (TPSA) is 29.9 Å². The summed E-state index contributed by atoms with van der Waals surface area (Å²) in [4.78, 5) is 4.59. The lowest BCUT2D eigenvalue weighted by atomic mass is 9.91. The maximum atomic E-state index is 4.59. The first kappa shape index (κ1) is 14.6. The third-order valence-corrected chi connectivity index (χ3v) is 3.81. The van der Waals surface area contributed by atoms with Crippen molar-refractivity contribution in [2.45, 2.75) is 72.4 Å². The molecule has 108 valence electrons. The first-order chi connectivity index (χ1) is 8.77. The van der Waals surface area contributed by atoms with Crippen LogP contribution in [0.2, 0.25) is 0 Å². The second-order valence-corrected chi connectivity index (χ2v) is 7.74. The molecule has 0 aromatic carbocycles. The number of imidazole rings is 1. The van der Waals surface area contributed by atoms with Crippen molar-refractivity contribution < 1.29 is 0 Å². The number of nitrogens with one attached hydrogen (secondary N) is 1. The molecule has 3 nitrogen and oxygen atoms in total. The van der Waals surface area contributed by atoms with Gasteiger partial charge in [0.1, 0.15) is 0 Å². The molecule has 0 radical (unpaired) electrons. The van der Waals surface area contributed by atoms with Crippen molar-refractivity contribution in [1.82, 2.24) is 14.9 Å². The highest BCUT2D eigenvalue weighted by molar-refractivity contribution is 5.16. The molecule has 0 spiro atoms. The largest absolute Gasteiger partial charge is 0.334 e. The van der Waals surface area contributed by atoms with Crippen LogP contribution in [0.3, 0.4) is 0 Å². The molecule has 3 heteroatoms. The Morgan fingerprint density at radius 3 is 2.53 bits per heavy atom. The number of fused-ring (bicyclic) bond motifs is 1. The van der Waals surface area contributed by atoms with Gasteiger partial charge in [0.05, 0.1) is 12.0 Å². The van der Waals surface area contributed by atoms with Crippen molar-refractivity contribution in [3.8, 4) is 0 Å². The zero-order valence-corrected chi connectivity index (χ0v) is 13.2. The van der Waals surface area contributed by atoms with Gasteiger partial charge in [-0.1, -0.05) is 13.8 Å². The van der Waals surface area contributed by atoms with Crippen LogP contribution in [0.1, 0.15) is 58.8 Å². The molecule has 1 aliphatic carbocycles. The lowest BCUT2D eigenvalue weighted by molar-refractivity contribution is 0.253. The van der Waals surface area contributed by atoms with Crippen LogP contribution in [0.4, 0.5) is 0 Å². The third-order valence-electron chi connectivity index (χ3n) is 3.81. The summed E-state index contributed by atoms with van der Waals surface area (Å²) in [5, 5.41) is 3.62. The molecule has 0 unspecified atom stereocenters. The van der Waals surface area contributed by atoms with E-state index in [2.05, 4.69) is 55.8 Å². The standard InChI is InChI=1S/C16H29N3/c1-15(2,3)18-10-16(4,5)11-19-12-17-13-8-6-7-9-14(13)19/h12,18H,6-11H2,1-5H3. The molecule has 1 aromatic heterocycles. The van der Waals surface area contributed by atoms with E-state index in [1.807, 2.05) is 0 Å². The molecule has 19 heavy (non-hydrogen) atoms. The quantitative estimate of drug-likeness (QED) is 0.904. The van der Waals surface area contributed by atoms with Crippen LogP contribution in [-0.4, -0.2) is 21.6 Å². The van der Waals surface area contributed by atoms with Crippen LogP contribution in [0.15, 0.2) is 6.33 Å². The van der Waals surface area contributed by atoms with E-state index in [1.54, 1.807) is 0 Å². The molecule has 1 N–H and O–H groups in total. The summed E-state index contributed by atoms with van der Waals surface area (Å²) in [6.07, 6.45) is 7.05. The SMILES string of the molecule is CC(C)(CNC(C)(C)C)Cn1cnc2c1CCCC2. The van der Waals surface area contributed by atoms with Crippen molar-refractivity contribution >= 4 is 0 Å². The van der Waals surface area contributed by atoms with Crippen LogP contribution in [0, 0.1) is 5.41 Å². The highest BCUT2D eigenvalue weighted by Gasteiger charge is 2.24. The van der Waals surface area contributed by atoms with Gasteiger partial charge in [0, 0.05) is 24.3 Å². The summed E-state index contributed by atoms with van der Waals surface area (Å²) in [7, 11) is 0. The van der Waals surface area contributed by atoms with E-state index in [0.717, 1.165) is 13.1 Å². The molecule has 0 saturated heterocycles. The fraction of sp³-hybridized carbons (Fsp3) is 0.812. The molecule has 2 rings (SSSR count). The number of rotatable bonds is 4. The molecule has 1 aromatic rings. The van der Waals surface area contributed by atoms with E-state index in [4.69, 9.17) is 0 Å². The first-order valence-corrected chi connectivity index (χ1v) is 7.55. The third kappa shape index (κ3) is 4.07. The summed E-state index contributed by atoms with van der Waals surface area (Å²) >= 11 is 0. The minimum atomic E-state index is 0.186. The van der Waals surface area contributed by atoms with Gasteiger partial charge in [0.15, 0.2) is 0 Å². The Labute approximate surface area is 117 Å². The lowest BCUT2D eigenvalue weighted by Gasteiger charge is -2.31. The molecular formula is C16H29N3. The summed E-state index contributed by atoms with van der Waals surface area (Å²) in [5.41, 5.74) is 3.26. The highest BCUT2D eigenvalue weighted by atomic mass is 15.1. The molecule has 0 aliphatic heterocycles. The number of hydrogen-bond donors (Lipinski definition) is 1. The molecule has 1 aliphatic rings. The number of aromatic nitrogens is 2. The lowest BCUT2D eigenvalue weighted by Crippen LogP contribution is -2.43. The maximum Gasteiger partial charge on any atom is 0.0951 e. The van der Waals surface area contributed by atoms with Gasteiger partial charge < -0.3 is 9.88 Å².